The standard InChI is InChI=1S/C13H26N2O3/c1-3-18-13(17)15-9-6-12(7-10-15)14-8-4-5-11(2)16/h11-12,14,16H,3-10H2,1-2H3. The molecular weight excluding hydrogens is 232 g/mol. The number of amides is 1. The van der Waals surface area contributed by atoms with E-state index < -0.39 is 0 Å². The Kier molecular flexibility index (Phi) is 7.05. The summed E-state index contributed by atoms with van der Waals surface area (Å²) in [6.07, 6.45) is 3.40. The molecule has 1 heterocycles. The van der Waals surface area contributed by atoms with Crippen molar-refractivity contribution in [3.63, 3.8) is 0 Å². The van der Waals surface area contributed by atoms with Gasteiger partial charge in [-0.25, -0.2) is 4.79 Å². The third-order valence-electron chi connectivity index (χ3n) is 3.25. The molecule has 1 saturated heterocycles. The minimum absolute atomic E-state index is 0.190. The highest BCUT2D eigenvalue weighted by Gasteiger charge is 2.22. The first kappa shape index (κ1) is 15.2. The smallest absolute Gasteiger partial charge is 0.409 e. The fourth-order valence-electron chi connectivity index (χ4n) is 2.18. The summed E-state index contributed by atoms with van der Waals surface area (Å²) in [6, 6.07) is 0.490. The van der Waals surface area contributed by atoms with Gasteiger partial charge in [0.15, 0.2) is 0 Å². The Hall–Kier alpha value is -0.810. The molecule has 1 atom stereocenters. The van der Waals surface area contributed by atoms with Crippen molar-refractivity contribution in [1.29, 1.82) is 0 Å². The van der Waals surface area contributed by atoms with Crippen LogP contribution in [0, 0.1) is 0 Å². The topological polar surface area (TPSA) is 61.8 Å². The van der Waals surface area contributed by atoms with Gasteiger partial charge in [-0.15, -0.1) is 0 Å². The van der Waals surface area contributed by atoms with Crippen molar-refractivity contribution in [2.45, 2.75) is 51.7 Å². The number of piperidine rings is 1. The highest BCUT2D eigenvalue weighted by atomic mass is 16.6. The zero-order chi connectivity index (χ0) is 13.4. The quantitative estimate of drug-likeness (QED) is 0.706. The third kappa shape index (κ3) is 5.69. The lowest BCUT2D eigenvalue weighted by atomic mass is 10.1. The van der Waals surface area contributed by atoms with E-state index in [2.05, 4.69) is 5.32 Å². The molecule has 1 fully saturated rings. The molecule has 106 valence electrons. The minimum atomic E-state index is -0.211. The van der Waals surface area contributed by atoms with Crippen LogP contribution in [-0.2, 0) is 4.74 Å². The predicted octanol–water partition coefficient (Wildman–Crippen LogP) is 1.36. The van der Waals surface area contributed by atoms with Crippen molar-refractivity contribution in [1.82, 2.24) is 10.2 Å². The molecule has 1 aliphatic heterocycles. The average molecular weight is 258 g/mol. The van der Waals surface area contributed by atoms with Gasteiger partial charge in [-0.3, -0.25) is 0 Å². The maximum absolute atomic E-state index is 11.5. The highest BCUT2D eigenvalue weighted by molar-refractivity contribution is 5.67. The minimum Gasteiger partial charge on any atom is -0.450 e. The van der Waals surface area contributed by atoms with E-state index in [0.717, 1.165) is 45.3 Å². The van der Waals surface area contributed by atoms with Crippen molar-refractivity contribution in [2.24, 2.45) is 0 Å². The van der Waals surface area contributed by atoms with Gasteiger partial charge in [-0.2, -0.15) is 0 Å². The van der Waals surface area contributed by atoms with Crippen molar-refractivity contribution in [2.75, 3.05) is 26.2 Å². The van der Waals surface area contributed by atoms with Gasteiger partial charge in [0.25, 0.3) is 0 Å². The van der Waals surface area contributed by atoms with Crippen LogP contribution in [0.3, 0.4) is 0 Å². The Balaban J connectivity index is 2.10. The molecule has 1 unspecified atom stereocenters. The number of carbonyl (C=O) groups excluding carboxylic acids is 1. The number of nitrogens with one attached hydrogen (secondary N) is 1. The van der Waals surface area contributed by atoms with Crippen LogP contribution in [-0.4, -0.2) is 54.5 Å². The maximum atomic E-state index is 11.5. The van der Waals surface area contributed by atoms with Crippen molar-refractivity contribution < 1.29 is 14.6 Å². The van der Waals surface area contributed by atoms with Gasteiger partial charge in [0.05, 0.1) is 12.7 Å². The number of carbonyl (C=O) groups is 1. The first-order chi connectivity index (χ1) is 8.63. The zero-order valence-corrected chi connectivity index (χ0v) is 11.5. The Bertz CT molecular complexity index is 238. The number of aliphatic hydroxyl groups is 1. The van der Waals surface area contributed by atoms with Crippen molar-refractivity contribution in [3.8, 4) is 0 Å². The van der Waals surface area contributed by atoms with Gasteiger partial charge < -0.3 is 20.1 Å². The van der Waals surface area contributed by atoms with E-state index in [1.807, 2.05) is 13.8 Å². The van der Waals surface area contributed by atoms with Crippen molar-refractivity contribution in [3.05, 3.63) is 0 Å². The Labute approximate surface area is 109 Å². The summed E-state index contributed by atoms with van der Waals surface area (Å²) >= 11 is 0. The SMILES string of the molecule is CCOC(=O)N1CCC(NCCCC(C)O)CC1. The first-order valence-corrected chi connectivity index (χ1v) is 6.96. The van der Waals surface area contributed by atoms with Gasteiger partial charge in [0.2, 0.25) is 0 Å². The molecule has 0 saturated carbocycles. The number of aliphatic hydroxyl groups excluding tert-OH is 1. The molecule has 0 spiro atoms. The van der Waals surface area contributed by atoms with Gasteiger partial charge >= 0.3 is 6.09 Å². The normalized spacial score (nSPS) is 18.7. The molecule has 5 nitrogen and oxygen atoms in total. The van der Waals surface area contributed by atoms with Gasteiger partial charge in [0, 0.05) is 19.1 Å². The van der Waals surface area contributed by atoms with Crippen LogP contribution in [0.5, 0.6) is 0 Å². The number of rotatable bonds is 6. The number of ether oxygens (including phenoxy) is 1. The molecule has 0 aliphatic carbocycles. The molecule has 0 aromatic carbocycles. The van der Waals surface area contributed by atoms with Gasteiger partial charge in [-0.05, 0) is 46.1 Å². The number of hydrogen-bond acceptors (Lipinski definition) is 4. The molecule has 18 heavy (non-hydrogen) atoms. The second-order valence-electron chi connectivity index (χ2n) is 4.91. The lowest BCUT2D eigenvalue weighted by molar-refractivity contribution is 0.0949. The molecule has 5 heteroatoms. The fraction of sp³-hybridized carbons (Fsp3) is 0.923. The van der Waals surface area contributed by atoms with E-state index in [9.17, 15) is 4.79 Å². The number of likely N-dealkylation sites (tertiary alicyclic amines) is 1. The molecule has 0 bridgehead atoms. The second-order valence-corrected chi connectivity index (χ2v) is 4.91. The highest BCUT2D eigenvalue weighted by Crippen LogP contribution is 2.11. The van der Waals surface area contributed by atoms with Crippen LogP contribution in [0.15, 0.2) is 0 Å². The second kappa shape index (κ2) is 8.32. The van der Waals surface area contributed by atoms with Gasteiger partial charge in [0.1, 0.15) is 0 Å². The molecule has 1 amide bonds. The van der Waals surface area contributed by atoms with E-state index in [4.69, 9.17) is 9.84 Å². The summed E-state index contributed by atoms with van der Waals surface area (Å²) in [7, 11) is 0. The van der Waals surface area contributed by atoms with Crippen LogP contribution < -0.4 is 5.32 Å². The maximum Gasteiger partial charge on any atom is 0.409 e. The monoisotopic (exact) mass is 258 g/mol. The van der Waals surface area contributed by atoms with E-state index in [1.54, 1.807) is 4.90 Å². The zero-order valence-electron chi connectivity index (χ0n) is 11.5. The van der Waals surface area contributed by atoms with Crippen LogP contribution >= 0.6 is 0 Å². The van der Waals surface area contributed by atoms with Crippen molar-refractivity contribution >= 4 is 6.09 Å². The summed E-state index contributed by atoms with van der Waals surface area (Å²) in [5.74, 6) is 0. The number of nitrogens with zero attached hydrogens (tertiary/aromatic N) is 1. The van der Waals surface area contributed by atoms with Crippen LogP contribution in [0.1, 0.15) is 39.5 Å². The summed E-state index contributed by atoms with van der Waals surface area (Å²) < 4.78 is 4.98. The van der Waals surface area contributed by atoms with Crippen LogP contribution in [0.2, 0.25) is 0 Å². The lowest BCUT2D eigenvalue weighted by Crippen LogP contribution is -2.45. The van der Waals surface area contributed by atoms with E-state index in [-0.39, 0.29) is 12.2 Å². The van der Waals surface area contributed by atoms with E-state index >= 15 is 0 Å². The lowest BCUT2D eigenvalue weighted by Gasteiger charge is -2.31. The first-order valence-electron chi connectivity index (χ1n) is 6.96. The summed E-state index contributed by atoms with van der Waals surface area (Å²) in [4.78, 5) is 13.3. The fourth-order valence-corrected chi connectivity index (χ4v) is 2.18. The van der Waals surface area contributed by atoms with Crippen LogP contribution in [0.25, 0.3) is 0 Å². The summed E-state index contributed by atoms with van der Waals surface area (Å²) in [5, 5.41) is 12.6. The molecule has 1 rings (SSSR count). The predicted molar refractivity (Wildman–Crippen MR) is 70.5 cm³/mol. The summed E-state index contributed by atoms with van der Waals surface area (Å²) in [6.45, 7) is 6.57. The van der Waals surface area contributed by atoms with E-state index in [1.165, 1.54) is 0 Å². The Morgan fingerprint density at radius 2 is 2.17 bits per heavy atom. The van der Waals surface area contributed by atoms with E-state index in [0.29, 0.717) is 12.6 Å². The average Bonchev–Trinajstić information content (AvgIpc) is 2.35. The molecule has 0 aromatic heterocycles. The third-order valence-corrected chi connectivity index (χ3v) is 3.25. The Morgan fingerprint density at radius 3 is 2.72 bits per heavy atom. The Morgan fingerprint density at radius 1 is 1.50 bits per heavy atom. The van der Waals surface area contributed by atoms with Gasteiger partial charge in [-0.1, -0.05) is 0 Å². The molecule has 0 aromatic rings. The molecule has 0 radical (unpaired) electrons. The molecule has 1 aliphatic rings. The summed E-state index contributed by atoms with van der Waals surface area (Å²) in [5.41, 5.74) is 0. The number of hydrogen-bond donors (Lipinski definition) is 2. The van der Waals surface area contributed by atoms with Crippen LogP contribution in [0.4, 0.5) is 4.79 Å². The molecular formula is C13H26N2O3. The largest absolute Gasteiger partial charge is 0.450 e. The molecule has 2 N–H and O–H groups in total.